The Morgan fingerprint density at radius 3 is 2.42 bits per heavy atom. The Balaban J connectivity index is 2.09. The lowest BCUT2D eigenvalue weighted by Gasteiger charge is -2.25. The molecule has 1 atom stereocenters. The van der Waals surface area contributed by atoms with E-state index in [0.29, 0.717) is 5.57 Å². The third kappa shape index (κ3) is 2.10. The molecule has 2 aromatic rings. The van der Waals surface area contributed by atoms with E-state index >= 15 is 0 Å². The summed E-state index contributed by atoms with van der Waals surface area (Å²) in [6, 6.07) is 17.2. The molecule has 3 nitrogen and oxygen atoms in total. The van der Waals surface area contributed by atoms with Gasteiger partial charge in [-0.25, -0.2) is 4.79 Å². The molecule has 2 aromatic carbocycles. The maximum Gasteiger partial charge on any atom is 0.336 e. The summed E-state index contributed by atoms with van der Waals surface area (Å²) in [6.45, 7) is 0. The first-order chi connectivity index (χ1) is 9.25. The van der Waals surface area contributed by atoms with Crippen LogP contribution in [0.15, 0.2) is 60.7 Å². The molecule has 19 heavy (non-hydrogen) atoms. The van der Waals surface area contributed by atoms with Gasteiger partial charge in [0.05, 0.1) is 11.6 Å². The van der Waals surface area contributed by atoms with Gasteiger partial charge in [0.15, 0.2) is 0 Å². The second-order valence-corrected chi connectivity index (χ2v) is 4.46. The van der Waals surface area contributed by atoms with Crippen molar-refractivity contribution in [2.24, 2.45) is 0 Å². The predicted octanol–water partition coefficient (Wildman–Crippen LogP) is 3.32. The Kier molecular flexibility index (Phi) is 2.80. The van der Waals surface area contributed by atoms with E-state index in [1.165, 1.54) is 0 Å². The average Bonchev–Trinajstić information content (AvgIpc) is 2.47. The number of hydrogen-bond donors (Lipinski definition) is 2. The number of rotatable bonds is 2. The van der Waals surface area contributed by atoms with Gasteiger partial charge in [0.1, 0.15) is 0 Å². The number of anilines is 1. The van der Waals surface area contributed by atoms with E-state index < -0.39 is 5.97 Å². The zero-order chi connectivity index (χ0) is 13.2. The third-order valence-corrected chi connectivity index (χ3v) is 3.25. The highest BCUT2D eigenvalue weighted by molar-refractivity contribution is 6.18. The molecule has 94 valence electrons. The van der Waals surface area contributed by atoms with Crippen molar-refractivity contribution >= 4 is 17.2 Å². The zero-order valence-corrected chi connectivity index (χ0v) is 10.2. The summed E-state index contributed by atoms with van der Waals surface area (Å²) in [4.78, 5) is 11.4. The molecular weight excluding hydrogens is 238 g/mol. The van der Waals surface area contributed by atoms with Gasteiger partial charge in [-0.15, -0.1) is 0 Å². The van der Waals surface area contributed by atoms with Crippen molar-refractivity contribution in [3.63, 3.8) is 0 Å². The zero-order valence-electron chi connectivity index (χ0n) is 10.2. The van der Waals surface area contributed by atoms with Gasteiger partial charge in [-0.2, -0.15) is 0 Å². The molecular formula is C16H13NO2. The fourth-order valence-corrected chi connectivity index (χ4v) is 2.34. The molecule has 2 N–H and O–H groups in total. The van der Waals surface area contributed by atoms with Gasteiger partial charge >= 0.3 is 5.97 Å². The van der Waals surface area contributed by atoms with E-state index in [-0.39, 0.29) is 6.04 Å². The third-order valence-electron chi connectivity index (χ3n) is 3.25. The van der Waals surface area contributed by atoms with Crippen molar-refractivity contribution in [2.75, 3.05) is 5.32 Å². The van der Waals surface area contributed by atoms with Crippen molar-refractivity contribution in [3.05, 3.63) is 71.8 Å². The second-order valence-electron chi connectivity index (χ2n) is 4.46. The lowest BCUT2D eigenvalue weighted by Crippen LogP contribution is -2.17. The van der Waals surface area contributed by atoms with Crippen molar-refractivity contribution in [2.45, 2.75) is 6.04 Å². The van der Waals surface area contributed by atoms with Crippen LogP contribution in [-0.4, -0.2) is 11.1 Å². The van der Waals surface area contributed by atoms with Crippen LogP contribution in [0, 0.1) is 0 Å². The summed E-state index contributed by atoms with van der Waals surface area (Å²) in [6.07, 6.45) is 1.76. The fourth-order valence-electron chi connectivity index (χ4n) is 2.34. The molecule has 3 rings (SSSR count). The minimum Gasteiger partial charge on any atom is -0.478 e. The van der Waals surface area contributed by atoms with Crippen LogP contribution in [0.5, 0.6) is 0 Å². The van der Waals surface area contributed by atoms with Crippen LogP contribution in [0.1, 0.15) is 17.2 Å². The van der Waals surface area contributed by atoms with E-state index in [4.69, 9.17) is 0 Å². The van der Waals surface area contributed by atoms with Crippen LogP contribution in [0.25, 0.3) is 5.57 Å². The standard InChI is InChI=1S/C16H13NO2/c18-16(19)13-10-15(11-6-2-1-3-7-11)17-14-9-5-4-8-12(13)14/h1-10,15,17H,(H,18,19). The van der Waals surface area contributed by atoms with E-state index in [9.17, 15) is 9.90 Å². The predicted molar refractivity (Wildman–Crippen MR) is 74.9 cm³/mol. The molecule has 0 saturated heterocycles. The molecule has 1 aliphatic heterocycles. The van der Waals surface area contributed by atoms with Gasteiger partial charge in [0.25, 0.3) is 0 Å². The molecule has 0 amide bonds. The lowest BCUT2D eigenvalue weighted by atomic mass is 9.94. The lowest BCUT2D eigenvalue weighted by molar-refractivity contribution is -0.130. The van der Waals surface area contributed by atoms with Crippen LogP contribution in [0.3, 0.4) is 0 Å². The Bertz CT molecular complexity index is 647. The van der Waals surface area contributed by atoms with Gasteiger partial charge in [-0.1, -0.05) is 48.5 Å². The smallest absolute Gasteiger partial charge is 0.336 e. The molecule has 0 radical (unpaired) electrons. The largest absolute Gasteiger partial charge is 0.478 e. The van der Waals surface area contributed by atoms with Gasteiger partial charge in [0, 0.05) is 11.3 Å². The minimum atomic E-state index is -0.894. The van der Waals surface area contributed by atoms with Crippen molar-refractivity contribution < 1.29 is 9.90 Å². The number of carboxylic acids is 1. The van der Waals surface area contributed by atoms with Crippen LogP contribution in [-0.2, 0) is 4.79 Å². The van der Waals surface area contributed by atoms with Gasteiger partial charge in [-0.3, -0.25) is 0 Å². The van der Waals surface area contributed by atoms with E-state index in [1.54, 1.807) is 6.08 Å². The topological polar surface area (TPSA) is 49.3 Å². The SMILES string of the molecule is O=C(O)C1=CC(c2ccccc2)Nc2ccccc21. The van der Waals surface area contributed by atoms with E-state index in [2.05, 4.69) is 5.32 Å². The number of benzene rings is 2. The molecule has 1 aliphatic rings. The fraction of sp³-hybridized carbons (Fsp3) is 0.0625. The molecule has 1 heterocycles. The maximum atomic E-state index is 11.4. The number of fused-ring (bicyclic) bond motifs is 1. The minimum absolute atomic E-state index is 0.109. The highest BCUT2D eigenvalue weighted by Gasteiger charge is 2.23. The average molecular weight is 251 g/mol. The molecule has 0 saturated carbocycles. The summed E-state index contributed by atoms with van der Waals surface area (Å²) in [7, 11) is 0. The second kappa shape index (κ2) is 4.61. The Labute approximate surface area is 111 Å². The van der Waals surface area contributed by atoms with Gasteiger partial charge in [0.2, 0.25) is 0 Å². The van der Waals surface area contributed by atoms with Crippen molar-refractivity contribution in [1.82, 2.24) is 0 Å². The number of para-hydroxylation sites is 1. The monoisotopic (exact) mass is 251 g/mol. The van der Waals surface area contributed by atoms with Crippen LogP contribution < -0.4 is 5.32 Å². The summed E-state index contributed by atoms with van der Waals surface area (Å²) in [5.41, 5.74) is 3.00. The van der Waals surface area contributed by atoms with Crippen molar-refractivity contribution in [1.29, 1.82) is 0 Å². The Hall–Kier alpha value is -2.55. The number of carbonyl (C=O) groups is 1. The Morgan fingerprint density at radius 2 is 1.68 bits per heavy atom. The van der Waals surface area contributed by atoms with Gasteiger partial charge < -0.3 is 10.4 Å². The number of nitrogens with one attached hydrogen (secondary N) is 1. The number of aliphatic carboxylic acids is 1. The highest BCUT2D eigenvalue weighted by Crippen LogP contribution is 2.34. The summed E-state index contributed by atoms with van der Waals surface area (Å²) in [5.74, 6) is -0.894. The molecule has 3 heteroatoms. The normalized spacial score (nSPS) is 17.1. The Morgan fingerprint density at radius 1 is 1.00 bits per heavy atom. The van der Waals surface area contributed by atoms with Gasteiger partial charge in [-0.05, 0) is 17.7 Å². The molecule has 0 aromatic heterocycles. The van der Waals surface area contributed by atoms with Crippen molar-refractivity contribution in [3.8, 4) is 0 Å². The van der Waals surface area contributed by atoms with Crippen LogP contribution in [0.2, 0.25) is 0 Å². The molecule has 0 fully saturated rings. The van der Waals surface area contributed by atoms with Crippen LogP contribution in [0.4, 0.5) is 5.69 Å². The molecule has 1 unspecified atom stereocenters. The molecule has 0 spiro atoms. The molecule has 0 bridgehead atoms. The van der Waals surface area contributed by atoms with E-state index in [0.717, 1.165) is 16.8 Å². The maximum absolute atomic E-state index is 11.4. The number of carboxylic acid groups (broad SMARTS) is 1. The summed E-state index contributed by atoms with van der Waals surface area (Å²) >= 11 is 0. The highest BCUT2D eigenvalue weighted by atomic mass is 16.4. The van der Waals surface area contributed by atoms with Crippen LogP contribution >= 0.6 is 0 Å². The first-order valence-corrected chi connectivity index (χ1v) is 6.12. The molecule has 0 aliphatic carbocycles. The first kappa shape index (κ1) is 11.5. The quantitative estimate of drug-likeness (QED) is 0.860. The first-order valence-electron chi connectivity index (χ1n) is 6.12. The summed E-state index contributed by atoms with van der Waals surface area (Å²) < 4.78 is 0. The number of hydrogen-bond acceptors (Lipinski definition) is 2. The summed E-state index contributed by atoms with van der Waals surface area (Å²) in [5, 5.41) is 12.7. The van der Waals surface area contributed by atoms with E-state index in [1.807, 2.05) is 54.6 Å².